The Balaban J connectivity index is 1.56. The van der Waals surface area contributed by atoms with Gasteiger partial charge in [0.2, 0.25) is 0 Å². The van der Waals surface area contributed by atoms with Crippen molar-refractivity contribution in [1.82, 2.24) is 14.9 Å². The minimum Gasteiger partial charge on any atom is -0.314 e. The van der Waals surface area contributed by atoms with E-state index in [-0.39, 0.29) is 22.6 Å². The van der Waals surface area contributed by atoms with Crippen LogP contribution in [0.2, 0.25) is 0 Å². The summed E-state index contributed by atoms with van der Waals surface area (Å²) in [6.07, 6.45) is 1.16. The average molecular weight is 427 g/mol. The van der Waals surface area contributed by atoms with E-state index in [0.29, 0.717) is 12.1 Å². The molecule has 4 rings (SSSR count). The topological polar surface area (TPSA) is 58.1 Å². The number of hydrogen-bond donors (Lipinski definition) is 1. The second-order valence-corrected chi connectivity index (χ2v) is 7.26. The van der Waals surface area contributed by atoms with Crippen LogP contribution in [0.25, 0.3) is 0 Å². The van der Waals surface area contributed by atoms with E-state index in [0.717, 1.165) is 30.2 Å². The van der Waals surface area contributed by atoms with Crippen LogP contribution in [0.4, 0.5) is 23.7 Å². The summed E-state index contributed by atoms with van der Waals surface area (Å²) in [6.45, 7) is 0. The Bertz CT molecular complexity index is 873. The van der Waals surface area contributed by atoms with Crippen molar-refractivity contribution < 1.29 is 18.0 Å². The molecule has 2 bridgehead atoms. The number of carbonyl (C=O) groups excluding carboxylic acids is 1. The molecular weight excluding hydrogens is 413 g/mol. The minimum atomic E-state index is -4.45. The van der Waals surface area contributed by atoms with E-state index in [1.165, 1.54) is 18.5 Å². The number of benzene rings is 1. The van der Waals surface area contributed by atoms with Gasteiger partial charge in [-0.25, -0.2) is 14.8 Å². The maximum atomic E-state index is 12.8. The maximum absolute atomic E-state index is 12.8. The molecule has 9 heteroatoms. The Labute approximate surface area is 155 Å². The van der Waals surface area contributed by atoms with Gasteiger partial charge in [-0.05, 0) is 31.0 Å². The highest BCUT2D eigenvalue weighted by Crippen LogP contribution is 2.43. The third-order valence-electron chi connectivity index (χ3n) is 4.88. The lowest BCUT2D eigenvalue weighted by Crippen LogP contribution is -2.44. The number of nitrogens with one attached hydrogen (secondary N) is 1. The van der Waals surface area contributed by atoms with Crippen LogP contribution < -0.4 is 5.32 Å². The van der Waals surface area contributed by atoms with Gasteiger partial charge in [0, 0.05) is 34.4 Å². The molecule has 0 unspecified atom stereocenters. The highest BCUT2D eigenvalue weighted by molar-refractivity contribution is 9.10. The first-order valence-electron chi connectivity index (χ1n) is 8.09. The van der Waals surface area contributed by atoms with Gasteiger partial charge in [0.05, 0.1) is 17.3 Å². The van der Waals surface area contributed by atoms with Gasteiger partial charge in [0.15, 0.2) is 0 Å². The molecule has 1 N–H and O–H groups in total. The summed E-state index contributed by atoms with van der Waals surface area (Å²) in [4.78, 5) is 22.9. The molecule has 0 radical (unpaired) electrons. The lowest BCUT2D eigenvalue weighted by molar-refractivity contribution is -0.138. The summed E-state index contributed by atoms with van der Waals surface area (Å²) in [5.41, 5.74) is 1.45. The van der Waals surface area contributed by atoms with Crippen LogP contribution in [0.5, 0.6) is 0 Å². The van der Waals surface area contributed by atoms with Crippen LogP contribution in [0.3, 0.4) is 0 Å². The third-order valence-corrected chi connectivity index (χ3v) is 5.53. The summed E-state index contributed by atoms with van der Waals surface area (Å²) in [5.74, 6) is 0. The summed E-state index contributed by atoms with van der Waals surface area (Å²) in [5, 5.41) is 2.71. The SMILES string of the molecule is O=C(Nc1ccc(C(F)(F)F)c(Br)c1)N1[C@@H]2CC[C@H]1c1cncnc1C2. The first-order valence-corrected chi connectivity index (χ1v) is 8.88. The average Bonchev–Trinajstić information content (AvgIpc) is 2.89. The molecule has 2 aliphatic heterocycles. The zero-order chi connectivity index (χ0) is 18.5. The zero-order valence-electron chi connectivity index (χ0n) is 13.4. The molecule has 1 fully saturated rings. The smallest absolute Gasteiger partial charge is 0.314 e. The van der Waals surface area contributed by atoms with E-state index < -0.39 is 11.7 Å². The molecule has 1 saturated heterocycles. The first kappa shape index (κ1) is 17.3. The Morgan fingerprint density at radius 3 is 2.85 bits per heavy atom. The largest absolute Gasteiger partial charge is 0.417 e. The van der Waals surface area contributed by atoms with E-state index in [4.69, 9.17) is 0 Å². The first-order chi connectivity index (χ1) is 12.3. The van der Waals surface area contributed by atoms with Gasteiger partial charge >= 0.3 is 12.2 Å². The fraction of sp³-hybridized carbons (Fsp3) is 0.353. The van der Waals surface area contributed by atoms with Gasteiger partial charge in [-0.15, -0.1) is 0 Å². The van der Waals surface area contributed by atoms with E-state index in [2.05, 4.69) is 31.2 Å². The van der Waals surface area contributed by atoms with Crippen molar-refractivity contribution in [2.45, 2.75) is 37.5 Å². The van der Waals surface area contributed by atoms with Gasteiger partial charge < -0.3 is 10.2 Å². The van der Waals surface area contributed by atoms with Gasteiger partial charge in [-0.1, -0.05) is 15.9 Å². The van der Waals surface area contributed by atoms with Crippen molar-refractivity contribution in [2.75, 3.05) is 5.32 Å². The summed E-state index contributed by atoms with van der Waals surface area (Å²) >= 11 is 2.92. The Kier molecular flexibility index (Phi) is 4.13. The standard InChI is InChI=1S/C17H14BrF3N4O/c18-13-5-9(1-3-12(13)17(19,20)21)24-16(26)25-10-2-4-15(25)11-7-22-8-23-14(11)6-10/h1,3,5,7-8,10,15H,2,4,6H2,(H,24,26)/t10-,15+/m1/s1. The van der Waals surface area contributed by atoms with Crippen LogP contribution in [0, 0.1) is 0 Å². The number of amides is 2. The van der Waals surface area contributed by atoms with Crippen molar-refractivity contribution in [3.63, 3.8) is 0 Å². The quantitative estimate of drug-likeness (QED) is 0.727. The van der Waals surface area contributed by atoms with Crippen LogP contribution in [0.1, 0.15) is 35.7 Å². The van der Waals surface area contributed by atoms with Crippen LogP contribution in [-0.4, -0.2) is 26.9 Å². The number of carbonyl (C=O) groups is 1. The van der Waals surface area contributed by atoms with E-state index >= 15 is 0 Å². The lowest BCUT2D eigenvalue weighted by Gasteiger charge is -2.35. The molecule has 3 heterocycles. The lowest BCUT2D eigenvalue weighted by atomic mass is 10.00. The normalized spacial score (nSPS) is 21.5. The monoisotopic (exact) mass is 426 g/mol. The molecule has 1 aromatic carbocycles. The maximum Gasteiger partial charge on any atom is 0.417 e. The van der Waals surface area contributed by atoms with E-state index in [9.17, 15) is 18.0 Å². The summed E-state index contributed by atoms with van der Waals surface area (Å²) in [7, 11) is 0. The number of anilines is 1. The molecule has 136 valence electrons. The zero-order valence-corrected chi connectivity index (χ0v) is 15.0. The van der Waals surface area contributed by atoms with Crippen LogP contribution >= 0.6 is 15.9 Å². The fourth-order valence-electron chi connectivity index (χ4n) is 3.74. The molecule has 5 nitrogen and oxygen atoms in total. The van der Waals surface area contributed by atoms with Crippen molar-refractivity contribution >= 4 is 27.6 Å². The number of nitrogens with zero attached hydrogens (tertiary/aromatic N) is 3. The highest BCUT2D eigenvalue weighted by Gasteiger charge is 2.43. The Hall–Kier alpha value is -2.16. The second-order valence-electron chi connectivity index (χ2n) is 6.41. The van der Waals surface area contributed by atoms with Crippen LogP contribution in [0.15, 0.2) is 35.2 Å². The second kappa shape index (κ2) is 6.22. The number of aromatic nitrogens is 2. The van der Waals surface area contributed by atoms with Gasteiger partial charge in [0.1, 0.15) is 6.33 Å². The van der Waals surface area contributed by atoms with Crippen molar-refractivity contribution in [1.29, 1.82) is 0 Å². The number of fused-ring (bicyclic) bond motifs is 4. The molecule has 2 atom stereocenters. The fourth-order valence-corrected chi connectivity index (χ4v) is 4.35. The molecule has 0 aliphatic carbocycles. The molecule has 1 aromatic heterocycles. The van der Waals surface area contributed by atoms with Crippen molar-refractivity contribution in [3.05, 3.63) is 52.0 Å². The third kappa shape index (κ3) is 2.94. The molecule has 2 aromatic rings. The van der Waals surface area contributed by atoms with Crippen LogP contribution in [-0.2, 0) is 12.6 Å². The van der Waals surface area contributed by atoms with Gasteiger partial charge in [-0.2, -0.15) is 13.2 Å². The number of alkyl halides is 3. The number of urea groups is 1. The van der Waals surface area contributed by atoms with Crippen molar-refractivity contribution in [3.8, 4) is 0 Å². The molecule has 0 spiro atoms. The predicted molar refractivity (Wildman–Crippen MR) is 91.5 cm³/mol. The number of halogens is 4. The summed E-state index contributed by atoms with van der Waals surface area (Å²) < 4.78 is 38.4. The Morgan fingerprint density at radius 1 is 1.31 bits per heavy atom. The minimum absolute atomic E-state index is 0.0419. The molecule has 26 heavy (non-hydrogen) atoms. The predicted octanol–water partition coefficient (Wildman–Crippen LogP) is 4.55. The molecular formula is C17H14BrF3N4O. The molecule has 0 saturated carbocycles. The summed E-state index contributed by atoms with van der Waals surface area (Å²) in [6, 6.07) is 3.10. The highest BCUT2D eigenvalue weighted by atomic mass is 79.9. The van der Waals surface area contributed by atoms with Gasteiger partial charge in [-0.3, -0.25) is 0 Å². The number of hydrogen-bond acceptors (Lipinski definition) is 3. The molecule has 2 aliphatic rings. The van der Waals surface area contributed by atoms with Gasteiger partial charge in [0.25, 0.3) is 0 Å². The molecule has 2 amide bonds. The number of rotatable bonds is 1. The van der Waals surface area contributed by atoms with E-state index in [1.54, 1.807) is 11.1 Å². The van der Waals surface area contributed by atoms with Crippen molar-refractivity contribution in [2.24, 2.45) is 0 Å². The Morgan fingerprint density at radius 2 is 2.12 bits per heavy atom. The van der Waals surface area contributed by atoms with E-state index in [1.807, 2.05) is 0 Å².